The second-order valence-corrected chi connectivity index (χ2v) is 4.35. The topological polar surface area (TPSA) is 78.5 Å². The fourth-order valence-electron chi connectivity index (χ4n) is 1.43. The molecular weight excluding hydrogens is 258 g/mol. The molecule has 1 rings (SSSR count). The van der Waals surface area contributed by atoms with Gasteiger partial charge in [0.1, 0.15) is 0 Å². The van der Waals surface area contributed by atoms with Crippen molar-refractivity contribution >= 4 is 23.4 Å². The maximum absolute atomic E-state index is 11.6. The molecule has 0 aliphatic carbocycles. The molecular formula is C14H19N3O3. The van der Waals surface area contributed by atoms with Crippen molar-refractivity contribution < 1.29 is 14.4 Å². The zero-order valence-corrected chi connectivity index (χ0v) is 11.9. The van der Waals surface area contributed by atoms with Gasteiger partial charge in [-0.1, -0.05) is 0 Å². The highest BCUT2D eigenvalue weighted by molar-refractivity contribution is 5.95. The summed E-state index contributed by atoms with van der Waals surface area (Å²) in [5.74, 6) is -0.191. The minimum atomic E-state index is -0.460. The van der Waals surface area contributed by atoms with E-state index in [0.29, 0.717) is 17.8 Å². The molecule has 0 saturated heterocycles. The summed E-state index contributed by atoms with van der Waals surface area (Å²) in [6, 6.07) is 6.08. The van der Waals surface area contributed by atoms with Crippen LogP contribution in [0, 0.1) is 0 Å². The van der Waals surface area contributed by atoms with Crippen molar-refractivity contribution in [2.75, 3.05) is 25.5 Å². The standard InChI is InChI=1S/C14H19N3O3/c1-4-17(3)13(19)9-15-14(20)16-12-7-5-11(6-8-12)10(2)18/h5-8H,4,9H2,1-3H3,(H2,15,16,20). The van der Waals surface area contributed by atoms with Gasteiger partial charge in [-0.05, 0) is 38.1 Å². The van der Waals surface area contributed by atoms with Crippen molar-refractivity contribution in [3.63, 3.8) is 0 Å². The molecule has 0 heterocycles. The van der Waals surface area contributed by atoms with Crippen LogP contribution in [0.1, 0.15) is 24.2 Å². The Balaban J connectivity index is 2.46. The fourth-order valence-corrected chi connectivity index (χ4v) is 1.43. The average Bonchev–Trinajstić information content (AvgIpc) is 2.44. The Morgan fingerprint density at radius 2 is 1.75 bits per heavy atom. The lowest BCUT2D eigenvalue weighted by atomic mass is 10.1. The van der Waals surface area contributed by atoms with E-state index in [1.807, 2.05) is 6.92 Å². The SMILES string of the molecule is CCN(C)C(=O)CNC(=O)Nc1ccc(C(C)=O)cc1. The molecule has 0 fully saturated rings. The average molecular weight is 277 g/mol. The van der Waals surface area contributed by atoms with E-state index in [2.05, 4.69) is 10.6 Å². The lowest BCUT2D eigenvalue weighted by Gasteiger charge is -2.15. The van der Waals surface area contributed by atoms with Crippen LogP contribution in [0.3, 0.4) is 0 Å². The summed E-state index contributed by atoms with van der Waals surface area (Å²) in [6.45, 7) is 3.87. The molecule has 6 nitrogen and oxygen atoms in total. The molecule has 1 aromatic rings. The molecule has 0 aliphatic rings. The number of nitrogens with one attached hydrogen (secondary N) is 2. The van der Waals surface area contributed by atoms with Gasteiger partial charge in [0.05, 0.1) is 6.54 Å². The van der Waals surface area contributed by atoms with E-state index >= 15 is 0 Å². The van der Waals surface area contributed by atoms with Crippen LogP contribution < -0.4 is 10.6 Å². The summed E-state index contributed by atoms with van der Waals surface area (Å²) in [6.07, 6.45) is 0. The Bertz CT molecular complexity index is 497. The first-order chi connectivity index (χ1) is 9.43. The Hall–Kier alpha value is -2.37. The predicted molar refractivity (Wildman–Crippen MR) is 76.8 cm³/mol. The largest absolute Gasteiger partial charge is 0.345 e. The van der Waals surface area contributed by atoms with Crippen molar-refractivity contribution in [3.05, 3.63) is 29.8 Å². The molecule has 0 bridgehead atoms. The first-order valence-electron chi connectivity index (χ1n) is 6.34. The second kappa shape index (κ2) is 7.28. The zero-order chi connectivity index (χ0) is 15.1. The van der Waals surface area contributed by atoms with Gasteiger partial charge in [-0.3, -0.25) is 9.59 Å². The van der Waals surface area contributed by atoms with Crippen LogP contribution in [0.15, 0.2) is 24.3 Å². The monoisotopic (exact) mass is 277 g/mol. The van der Waals surface area contributed by atoms with Crippen molar-refractivity contribution in [2.45, 2.75) is 13.8 Å². The van der Waals surface area contributed by atoms with Gasteiger partial charge in [0.25, 0.3) is 0 Å². The number of hydrogen-bond acceptors (Lipinski definition) is 3. The van der Waals surface area contributed by atoms with E-state index in [-0.39, 0.29) is 18.2 Å². The molecule has 0 atom stereocenters. The molecule has 0 unspecified atom stereocenters. The number of carbonyl (C=O) groups excluding carboxylic acids is 3. The molecule has 108 valence electrons. The van der Waals surface area contributed by atoms with Gasteiger partial charge >= 0.3 is 6.03 Å². The maximum Gasteiger partial charge on any atom is 0.319 e. The van der Waals surface area contributed by atoms with Crippen molar-refractivity contribution in [1.29, 1.82) is 0 Å². The number of carbonyl (C=O) groups is 3. The van der Waals surface area contributed by atoms with E-state index in [4.69, 9.17) is 0 Å². The van der Waals surface area contributed by atoms with E-state index in [0.717, 1.165) is 0 Å². The molecule has 2 N–H and O–H groups in total. The van der Waals surface area contributed by atoms with E-state index in [9.17, 15) is 14.4 Å². The van der Waals surface area contributed by atoms with Crippen LogP contribution in [0.4, 0.5) is 10.5 Å². The zero-order valence-electron chi connectivity index (χ0n) is 11.9. The summed E-state index contributed by atoms with van der Waals surface area (Å²) in [5.41, 5.74) is 1.14. The van der Waals surface area contributed by atoms with Gasteiger partial charge in [-0.15, -0.1) is 0 Å². The third kappa shape index (κ3) is 4.72. The maximum atomic E-state index is 11.6. The molecule has 0 aromatic heterocycles. The number of amides is 3. The number of rotatable bonds is 5. The number of urea groups is 1. The summed E-state index contributed by atoms with van der Waals surface area (Å²) >= 11 is 0. The molecule has 0 radical (unpaired) electrons. The molecule has 6 heteroatoms. The van der Waals surface area contributed by atoms with Gasteiger partial charge in [0, 0.05) is 24.8 Å². The highest BCUT2D eigenvalue weighted by Gasteiger charge is 2.08. The molecule has 1 aromatic carbocycles. The van der Waals surface area contributed by atoms with Crippen LogP contribution in [0.5, 0.6) is 0 Å². The van der Waals surface area contributed by atoms with Gasteiger partial charge in [0.2, 0.25) is 5.91 Å². The number of nitrogens with zero attached hydrogens (tertiary/aromatic N) is 1. The lowest BCUT2D eigenvalue weighted by molar-refractivity contribution is -0.128. The normalized spacial score (nSPS) is 9.75. The van der Waals surface area contributed by atoms with E-state index < -0.39 is 6.03 Å². The van der Waals surface area contributed by atoms with Gasteiger partial charge in [0.15, 0.2) is 5.78 Å². The highest BCUT2D eigenvalue weighted by atomic mass is 16.2. The van der Waals surface area contributed by atoms with E-state index in [1.165, 1.54) is 11.8 Å². The number of Topliss-reactive ketones (excluding diaryl/α,β-unsaturated/α-hetero) is 1. The van der Waals surface area contributed by atoms with Crippen LogP contribution in [-0.2, 0) is 4.79 Å². The highest BCUT2D eigenvalue weighted by Crippen LogP contribution is 2.09. The van der Waals surface area contributed by atoms with E-state index in [1.54, 1.807) is 31.3 Å². The Labute approximate surface area is 118 Å². The smallest absolute Gasteiger partial charge is 0.319 e. The summed E-state index contributed by atoms with van der Waals surface area (Å²) in [5, 5.41) is 5.06. The Morgan fingerprint density at radius 3 is 2.25 bits per heavy atom. The van der Waals surface area contributed by atoms with Crippen molar-refractivity contribution in [1.82, 2.24) is 10.2 Å². The number of likely N-dealkylation sites (N-methyl/N-ethyl adjacent to an activating group) is 1. The second-order valence-electron chi connectivity index (χ2n) is 4.35. The van der Waals surface area contributed by atoms with Gasteiger partial charge in [-0.2, -0.15) is 0 Å². The summed E-state index contributed by atoms with van der Waals surface area (Å²) in [7, 11) is 1.67. The van der Waals surface area contributed by atoms with Crippen LogP contribution >= 0.6 is 0 Å². The first kappa shape index (κ1) is 15.7. The Morgan fingerprint density at radius 1 is 1.15 bits per heavy atom. The van der Waals surface area contributed by atoms with Crippen LogP contribution in [0.2, 0.25) is 0 Å². The van der Waals surface area contributed by atoms with Gasteiger partial charge in [-0.25, -0.2) is 4.79 Å². The Kier molecular flexibility index (Phi) is 5.71. The van der Waals surface area contributed by atoms with Crippen molar-refractivity contribution in [2.24, 2.45) is 0 Å². The quantitative estimate of drug-likeness (QED) is 0.800. The van der Waals surface area contributed by atoms with Gasteiger partial charge < -0.3 is 15.5 Å². The summed E-state index contributed by atoms with van der Waals surface area (Å²) in [4.78, 5) is 35.7. The third-order valence-electron chi connectivity index (χ3n) is 2.85. The third-order valence-corrected chi connectivity index (χ3v) is 2.85. The lowest BCUT2D eigenvalue weighted by Crippen LogP contribution is -2.39. The fraction of sp³-hybridized carbons (Fsp3) is 0.357. The number of hydrogen-bond donors (Lipinski definition) is 2. The van der Waals surface area contributed by atoms with Crippen LogP contribution in [-0.4, -0.2) is 42.8 Å². The number of anilines is 1. The molecule has 0 aliphatic heterocycles. The minimum absolute atomic E-state index is 0.0331. The number of benzene rings is 1. The molecule has 3 amide bonds. The number of ketones is 1. The molecule has 20 heavy (non-hydrogen) atoms. The summed E-state index contributed by atoms with van der Waals surface area (Å²) < 4.78 is 0. The minimum Gasteiger partial charge on any atom is -0.345 e. The van der Waals surface area contributed by atoms with Crippen LogP contribution in [0.25, 0.3) is 0 Å². The predicted octanol–water partition coefficient (Wildman–Crippen LogP) is 1.49. The molecule has 0 spiro atoms. The molecule has 0 saturated carbocycles. The first-order valence-corrected chi connectivity index (χ1v) is 6.34. The van der Waals surface area contributed by atoms with Crippen molar-refractivity contribution in [3.8, 4) is 0 Å².